The molecule has 1 atom stereocenters. The van der Waals surface area contributed by atoms with Gasteiger partial charge in [0.1, 0.15) is 0 Å². The molecule has 0 bridgehead atoms. The lowest BCUT2D eigenvalue weighted by atomic mass is 10.2. The number of hydrogen-bond donors (Lipinski definition) is 2. The van der Waals surface area contributed by atoms with Crippen LogP contribution in [0.25, 0.3) is 0 Å². The van der Waals surface area contributed by atoms with Crippen molar-refractivity contribution in [2.45, 2.75) is 26.4 Å². The predicted molar refractivity (Wildman–Crippen MR) is 54.9 cm³/mol. The molecule has 4 heteroatoms. The molecule has 2 N–H and O–H groups in total. The van der Waals surface area contributed by atoms with Crippen LogP contribution in [0.1, 0.15) is 20.3 Å². The van der Waals surface area contributed by atoms with Gasteiger partial charge in [0.2, 0.25) is 5.91 Å². The van der Waals surface area contributed by atoms with Gasteiger partial charge >= 0.3 is 0 Å². The number of ether oxygens (including phenoxy) is 1. The first-order valence-electron chi connectivity index (χ1n) is 4.66. The maximum atomic E-state index is 11.1. The van der Waals surface area contributed by atoms with Crippen molar-refractivity contribution in [3.05, 3.63) is 11.6 Å². The Balaban J connectivity index is 3.54. The van der Waals surface area contributed by atoms with E-state index in [2.05, 4.69) is 5.32 Å². The highest BCUT2D eigenvalue weighted by molar-refractivity contribution is 5.87. The van der Waals surface area contributed by atoms with Gasteiger partial charge in [-0.3, -0.25) is 4.79 Å². The number of carbonyl (C=O) groups excluding carboxylic acids is 1. The molecule has 0 saturated carbocycles. The number of methoxy groups -OCH3 is 1. The first-order chi connectivity index (χ1) is 6.56. The number of nitrogens with one attached hydrogen (secondary N) is 1. The van der Waals surface area contributed by atoms with Gasteiger partial charge in [-0.05, 0) is 20.3 Å². The number of aliphatic hydroxyl groups excluding tert-OH is 1. The third-order valence-electron chi connectivity index (χ3n) is 1.56. The lowest BCUT2D eigenvalue weighted by Gasteiger charge is -2.08. The van der Waals surface area contributed by atoms with Crippen LogP contribution in [0.15, 0.2) is 11.6 Å². The highest BCUT2D eigenvalue weighted by atomic mass is 16.5. The minimum Gasteiger partial charge on any atom is -0.391 e. The number of hydrogen-bond acceptors (Lipinski definition) is 3. The number of amides is 1. The van der Waals surface area contributed by atoms with E-state index in [1.54, 1.807) is 0 Å². The summed E-state index contributed by atoms with van der Waals surface area (Å²) in [4.78, 5) is 11.1. The molecular weight excluding hydrogens is 182 g/mol. The van der Waals surface area contributed by atoms with Gasteiger partial charge in [0.05, 0.1) is 12.7 Å². The molecule has 0 aromatic rings. The standard InChI is InChI=1S/C10H19NO3/c1-8(2)6-10(13)11-5-4-9(12)7-14-3/h6,9,12H,4-5,7H2,1-3H3,(H,11,13). The molecule has 0 aliphatic rings. The predicted octanol–water partition coefficient (Wildman–Crippen LogP) is 0.466. The first-order valence-corrected chi connectivity index (χ1v) is 4.66. The average Bonchev–Trinajstić information content (AvgIpc) is 2.02. The number of aliphatic hydroxyl groups is 1. The lowest BCUT2D eigenvalue weighted by molar-refractivity contribution is -0.116. The molecule has 4 nitrogen and oxygen atoms in total. The fourth-order valence-corrected chi connectivity index (χ4v) is 0.951. The van der Waals surface area contributed by atoms with Gasteiger partial charge in [0, 0.05) is 19.7 Å². The van der Waals surface area contributed by atoms with E-state index in [1.165, 1.54) is 13.2 Å². The molecule has 0 heterocycles. The molecule has 0 rings (SSSR count). The molecule has 0 aliphatic carbocycles. The van der Waals surface area contributed by atoms with Crippen molar-refractivity contribution >= 4 is 5.91 Å². The molecule has 0 aromatic carbocycles. The second kappa shape index (κ2) is 7.53. The Morgan fingerprint density at radius 2 is 2.21 bits per heavy atom. The molecule has 0 aliphatic heterocycles. The van der Waals surface area contributed by atoms with Crippen LogP contribution in [0.5, 0.6) is 0 Å². The zero-order valence-corrected chi connectivity index (χ0v) is 9.04. The zero-order chi connectivity index (χ0) is 11.0. The Morgan fingerprint density at radius 3 is 2.71 bits per heavy atom. The first kappa shape index (κ1) is 13.1. The van der Waals surface area contributed by atoms with Crippen molar-refractivity contribution in [2.75, 3.05) is 20.3 Å². The summed E-state index contributed by atoms with van der Waals surface area (Å²) >= 11 is 0. The molecule has 14 heavy (non-hydrogen) atoms. The molecule has 0 spiro atoms. The highest BCUT2D eigenvalue weighted by Gasteiger charge is 2.03. The van der Waals surface area contributed by atoms with Gasteiger partial charge in [0.25, 0.3) is 0 Å². The Hall–Kier alpha value is -0.870. The maximum Gasteiger partial charge on any atom is 0.243 e. The van der Waals surface area contributed by atoms with Crippen molar-refractivity contribution in [3.63, 3.8) is 0 Å². The number of allylic oxidation sites excluding steroid dienone is 1. The third kappa shape index (κ3) is 7.76. The van der Waals surface area contributed by atoms with E-state index in [1.807, 2.05) is 13.8 Å². The van der Waals surface area contributed by atoms with Gasteiger partial charge in [-0.15, -0.1) is 0 Å². The summed E-state index contributed by atoms with van der Waals surface area (Å²) in [5.74, 6) is -0.116. The summed E-state index contributed by atoms with van der Waals surface area (Å²) in [6, 6.07) is 0. The molecule has 82 valence electrons. The van der Waals surface area contributed by atoms with Crippen LogP contribution >= 0.6 is 0 Å². The van der Waals surface area contributed by atoms with Crippen molar-refractivity contribution in [1.82, 2.24) is 5.32 Å². The van der Waals surface area contributed by atoms with E-state index in [0.717, 1.165) is 5.57 Å². The van der Waals surface area contributed by atoms with Crippen molar-refractivity contribution in [1.29, 1.82) is 0 Å². The van der Waals surface area contributed by atoms with Crippen molar-refractivity contribution in [2.24, 2.45) is 0 Å². The summed E-state index contributed by atoms with van der Waals surface area (Å²) in [6.07, 6.45) is 1.53. The smallest absolute Gasteiger partial charge is 0.243 e. The van der Waals surface area contributed by atoms with Crippen LogP contribution in [-0.2, 0) is 9.53 Å². The second-order valence-corrected chi connectivity index (χ2v) is 3.41. The van der Waals surface area contributed by atoms with Crippen LogP contribution < -0.4 is 5.32 Å². The molecule has 0 radical (unpaired) electrons. The van der Waals surface area contributed by atoms with E-state index >= 15 is 0 Å². The zero-order valence-electron chi connectivity index (χ0n) is 9.04. The average molecular weight is 201 g/mol. The Morgan fingerprint density at radius 1 is 1.57 bits per heavy atom. The van der Waals surface area contributed by atoms with Crippen LogP contribution in [0, 0.1) is 0 Å². The highest BCUT2D eigenvalue weighted by Crippen LogP contribution is 1.91. The second-order valence-electron chi connectivity index (χ2n) is 3.41. The quantitative estimate of drug-likeness (QED) is 0.614. The van der Waals surface area contributed by atoms with Crippen LogP contribution in [0.4, 0.5) is 0 Å². The molecule has 1 unspecified atom stereocenters. The number of rotatable bonds is 6. The van der Waals surface area contributed by atoms with Gasteiger partial charge in [0.15, 0.2) is 0 Å². The SMILES string of the molecule is COCC(O)CCNC(=O)C=C(C)C. The maximum absolute atomic E-state index is 11.1. The van der Waals surface area contributed by atoms with E-state index < -0.39 is 6.10 Å². The third-order valence-corrected chi connectivity index (χ3v) is 1.56. The fraction of sp³-hybridized carbons (Fsp3) is 0.700. The molecule has 0 aromatic heterocycles. The Bertz CT molecular complexity index is 198. The molecular formula is C10H19NO3. The van der Waals surface area contributed by atoms with E-state index in [0.29, 0.717) is 19.6 Å². The Labute approximate surface area is 85.0 Å². The van der Waals surface area contributed by atoms with Crippen LogP contribution in [-0.4, -0.2) is 37.4 Å². The molecule has 0 fully saturated rings. The monoisotopic (exact) mass is 201 g/mol. The lowest BCUT2D eigenvalue weighted by Crippen LogP contribution is -2.27. The largest absolute Gasteiger partial charge is 0.391 e. The summed E-state index contributed by atoms with van der Waals surface area (Å²) < 4.78 is 4.75. The van der Waals surface area contributed by atoms with E-state index in [9.17, 15) is 9.90 Å². The summed E-state index contributed by atoms with van der Waals surface area (Å²) in [5, 5.41) is 11.9. The summed E-state index contributed by atoms with van der Waals surface area (Å²) in [7, 11) is 1.53. The van der Waals surface area contributed by atoms with Gasteiger partial charge in [-0.1, -0.05) is 5.57 Å². The van der Waals surface area contributed by atoms with E-state index in [-0.39, 0.29) is 5.91 Å². The molecule has 0 saturated heterocycles. The van der Waals surface area contributed by atoms with Crippen molar-refractivity contribution in [3.8, 4) is 0 Å². The van der Waals surface area contributed by atoms with Crippen LogP contribution in [0.3, 0.4) is 0 Å². The van der Waals surface area contributed by atoms with Crippen LogP contribution in [0.2, 0.25) is 0 Å². The fourth-order valence-electron chi connectivity index (χ4n) is 0.951. The topological polar surface area (TPSA) is 58.6 Å². The number of carbonyl (C=O) groups is 1. The summed E-state index contributed by atoms with van der Waals surface area (Å²) in [5.41, 5.74) is 0.958. The van der Waals surface area contributed by atoms with Crippen molar-refractivity contribution < 1.29 is 14.6 Å². The summed E-state index contributed by atoms with van der Waals surface area (Å²) in [6.45, 7) is 4.49. The molecule has 1 amide bonds. The van der Waals surface area contributed by atoms with Gasteiger partial charge in [-0.25, -0.2) is 0 Å². The minimum absolute atomic E-state index is 0.116. The van der Waals surface area contributed by atoms with E-state index in [4.69, 9.17) is 4.74 Å². The minimum atomic E-state index is -0.507. The Kier molecular flexibility index (Phi) is 7.06. The van der Waals surface area contributed by atoms with Gasteiger partial charge in [-0.2, -0.15) is 0 Å². The normalized spacial score (nSPS) is 12.0. The van der Waals surface area contributed by atoms with Gasteiger partial charge < -0.3 is 15.2 Å².